The van der Waals surface area contributed by atoms with E-state index in [1.54, 1.807) is 12.1 Å². The van der Waals surface area contributed by atoms with Gasteiger partial charge in [-0.15, -0.1) is 0 Å². The standard InChI is InChI=1S/C10H10N2O3S/c1-11-10(13)12-6-5-7-3-2-4-8(9(7)12)16(11,14)15/h2-4H,5-6H2,1H3. The number of urea groups is 1. The van der Waals surface area contributed by atoms with Crippen molar-refractivity contribution in [2.75, 3.05) is 18.5 Å². The number of carbonyl (C=O) groups is 1. The van der Waals surface area contributed by atoms with Crippen molar-refractivity contribution >= 4 is 21.7 Å². The molecule has 5 nitrogen and oxygen atoms in total. The van der Waals surface area contributed by atoms with Crippen molar-refractivity contribution in [1.82, 2.24) is 4.31 Å². The predicted octanol–water partition coefficient (Wildman–Crippen LogP) is 0.803. The van der Waals surface area contributed by atoms with Crippen LogP contribution in [0.2, 0.25) is 0 Å². The van der Waals surface area contributed by atoms with Crippen LogP contribution in [0.1, 0.15) is 5.56 Å². The zero-order valence-electron chi connectivity index (χ0n) is 8.67. The van der Waals surface area contributed by atoms with E-state index in [1.807, 2.05) is 6.07 Å². The first kappa shape index (κ1) is 9.65. The Balaban J connectivity index is 2.40. The Bertz CT molecular complexity index is 594. The molecule has 6 heteroatoms. The molecule has 2 amide bonds. The number of benzene rings is 1. The fraction of sp³-hybridized carbons (Fsp3) is 0.300. The van der Waals surface area contributed by atoms with Crippen LogP contribution in [0.4, 0.5) is 10.5 Å². The lowest BCUT2D eigenvalue weighted by Crippen LogP contribution is -2.47. The molecule has 3 rings (SSSR count). The number of para-hydroxylation sites is 1. The van der Waals surface area contributed by atoms with E-state index in [1.165, 1.54) is 11.9 Å². The number of carbonyl (C=O) groups excluding carboxylic acids is 1. The number of hydrogen-bond donors (Lipinski definition) is 0. The topological polar surface area (TPSA) is 57.7 Å². The largest absolute Gasteiger partial charge is 0.338 e. The second-order valence-electron chi connectivity index (χ2n) is 3.92. The van der Waals surface area contributed by atoms with Crippen molar-refractivity contribution < 1.29 is 13.2 Å². The lowest BCUT2D eigenvalue weighted by atomic mass is 10.2. The maximum atomic E-state index is 12.0. The maximum absolute atomic E-state index is 12.0. The van der Waals surface area contributed by atoms with Gasteiger partial charge in [0.15, 0.2) is 0 Å². The summed E-state index contributed by atoms with van der Waals surface area (Å²) in [6.07, 6.45) is 0.721. The minimum Gasteiger partial charge on any atom is -0.291 e. The molecule has 16 heavy (non-hydrogen) atoms. The lowest BCUT2D eigenvalue weighted by molar-refractivity contribution is 0.233. The SMILES string of the molecule is CN1C(=O)N2CCc3cccc(c32)S1(=O)=O. The number of amides is 2. The molecule has 1 aromatic rings. The molecule has 2 heterocycles. The average molecular weight is 238 g/mol. The third-order valence-corrected chi connectivity index (χ3v) is 4.86. The van der Waals surface area contributed by atoms with Crippen LogP contribution in [0.3, 0.4) is 0 Å². The van der Waals surface area contributed by atoms with Crippen molar-refractivity contribution in [2.24, 2.45) is 0 Å². The summed E-state index contributed by atoms with van der Waals surface area (Å²) in [5, 5.41) is 0. The van der Waals surface area contributed by atoms with Gasteiger partial charge in [-0.3, -0.25) is 4.90 Å². The minimum atomic E-state index is -3.64. The summed E-state index contributed by atoms with van der Waals surface area (Å²) in [5.41, 5.74) is 1.51. The Labute approximate surface area is 93.3 Å². The van der Waals surface area contributed by atoms with Crippen LogP contribution in [0.15, 0.2) is 23.1 Å². The molecule has 84 valence electrons. The van der Waals surface area contributed by atoms with E-state index in [0.717, 1.165) is 16.3 Å². The molecule has 0 aromatic heterocycles. The lowest BCUT2D eigenvalue weighted by Gasteiger charge is -2.31. The van der Waals surface area contributed by atoms with Gasteiger partial charge in [0.1, 0.15) is 4.90 Å². The molecule has 0 unspecified atom stereocenters. The first-order valence-electron chi connectivity index (χ1n) is 4.96. The monoisotopic (exact) mass is 238 g/mol. The molecule has 0 N–H and O–H groups in total. The van der Waals surface area contributed by atoms with Gasteiger partial charge < -0.3 is 0 Å². The third kappa shape index (κ3) is 0.948. The normalized spacial score (nSPS) is 21.2. The highest BCUT2D eigenvalue weighted by Gasteiger charge is 2.42. The van der Waals surface area contributed by atoms with Crippen LogP contribution < -0.4 is 4.90 Å². The summed E-state index contributed by atoms with van der Waals surface area (Å²) in [7, 11) is -2.35. The highest BCUT2D eigenvalue weighted by atomic mass is 32.2. The van der Waals surface area contributed by atoms with Crippen molar-refractivity contribution in [3.63, 3.8) is 0 Å². The molecule has 0 bridgehead atoms. The van der Waals surface area contributed by atoms with Gasteiger partial charge in [0, 0.05) is 13.6 Å². The summed E-state index contributed by atoms with van der Waals surface area (Å²) >= 11 is 0. The molecule has 0 atom stereocenters. The van der Waals surface area contributed by atoms with E-state index in [0.29, 0.717) is 12.2 Å². The molecule has 0 saturated heterocycles. The first-order chi connectivity index (χ1) is 7.53. The molecular formula is C10H10N2O3S. The predicted molar refractivity (Wildman–Crippen MR) is 57.8 cm³/mol. The second kappa shape index (κ2) is 2.76. The number of anilines is 1. The summed E-state index contributed by atoms with van der Waals surface area (Å²) in [4.78, 5) is 13.6. The van der Waals surface area contributed by atoms with Crippen molar-refractivity contribution in [3.05, 3.63) is 23.8 Å². The second-order valence-corrected chi connectivity index (χ2v) is 5.86. The molecule has 0 spiro atoms. The van der Waals surface area contributed by atoms with Crippen LogP contribution in [0.5, 0.6) is 0 Å². The Morgan fingerprint density at radius 2 is 2.06 bits per heavy atom. The minimum absolute atomic E-state index is 0.240. The van der Waals surface area contributed by atoms with Gasteiger partial charge in [-0.05, 0) is 18.1 Å². The molecule has 2 aliphatic heterocycles. The molecular weight excluding hydrogens is 228 g/mol. The summed E-state index contributed by atoms with van der Waals surface area (Å²) < 4.78 is 24.8. The van der Waals surface area contributed by atoms with Crippen LogP contribution in [0.25, 0.3) is 0 Å². The molecule has 2 aliphatic rings. The van der Waals surface area contributed by atoms with Crippen molar-refractivity contribution in [3.8, 4) is 0 Å². The number of nitrogens with zero attached hydrogens (tertiary/aromatic N) is 2. The first-order valence-corrected chi connectivity index (χ1v) is 6.40. The molecule has 0 fully saturated rings. The Kier molecular flexibility index (Phi) is 1.67. The zero-order chi connectivity index (χ0) is 11.5. The quantitative estimate of drug-likeness (QED) is 0.672. The average Bonchev–Trinajstić information content (AvgIpc) is 2.68. The van der Waals surface area contributed by atoms with Crippen LogP contribution in [-0.4, -0.2) is 32.3 Å². The van der Waals surface area contributed by atoms with Crippen LogP contribution >= 0.6 is 0 Å². The van der Waals surface area contributed by atoms with E-state index in [4.69, 9.17) is 0 Å². The van der Waals surface area contributed by atoms with E-state index in [2.05, 4.69) is 0 Å². The molecule has 0 saturated carbocycles. The van der Waals surface area contributed by atoms with Gasteiger partial charge in [0.25, 0.3) is 10.0 Å². The zero-order valence-corrected chi connectivity index (χ0v) is 9.49. The van der Waals surface area contributed by atoms with Gasteiger partial charge in [-0.1, -0.05) is 12.1 Å². The van der Waals surface area contributed by atoms with Crippen molar-refractivity contribution in [2.45, 2.75) is 11.3 Å². The maximum Gasteiger partial charge on any atom is 0.338 e. The van der Waals surface area contributed by atoms with E-state index >= 15 is 0 Å². The molecule has 0 radical (unpaired) electrons. The highest BCUT2D eigenvalue weighted by Crippen LogP contribution is 2.39. The molecule has 0 aliphatic carbocycles. The number of rotatable bonds is 0. The third-order valence-electron chi connectivity index (χ3n) is 3.10. The highest BCUT2D eigenvalue weighted by molar-refractivity contribution is 7.90. The molecule has 1 aromatic carbocycles. The van der Waals surface area contributed by atoms with E-state index in [-0.39, 0.29) is 4.90 Å². The summed E-state index contributed by atoms with van der Waals surface area (Å²) in [6, 6.07) is 4.68. The number of hydrogen-bond acceptors (Lipinski definition) is 3. The van der Waals surface area contributed by atoms with Gasteiger partial charge >= 0.3 is 6.03 Å². The fourth-order valence-electron chi connectivity index (χ4n) is 2.24. The summed E-state index contributed by atoms with van der Waals surface area (Å²) in [6.45, 7) is 0.561. The fourth-order valence-corrected chi connectivity index (χ4v) is 3.58. The van der Waals surface area contributed by atoms with Crippen LogP contribution in [-0.2, 0) is 16.4 Å². The van der Waals surface area contributed by atoms with Gasteiger partial charge in [0.2, 0.25) is 0 Å². The van der Waals surface area contributed by atoms with Gasteiger partial charge in [-0.25, -0.2) is 17.5 Å². The Morgan fingerprint density at radius 1 is 1.31 bits per heavy atom. The summed E-state index contributed by atoms with van der Waals surface area (Å²) in [5.74, 6) is 0. The smallest absolute Gasteiger partial charge is 0.291 e. The van der Waals surface area contributed by atoms with E-state index in [9.17, 15) is 13.2 Å². The van der Waals surface area contributed by atoms with Crippen LogP contribution in [0, 0.1) is 0 Å². The Morgan fingerprint density at radius 3 is 2.81 bits per heavy atom. The Hall–Kier alpha value is -1.56. The number of sulfonamides is 1. The van der Waals surface area contributed by atoms with E-state index < -0.39 is 16.1 Å². The van der Waals surface area contributed by atoms with Gasteiger partial charge in [0.05, 0.1) is 5.69 Å². The van der Waals surface area contributed by atoms with Gasteiger partial charge in [-0.2, -0.15) is 0 Å². The van der Waals surface area contributed by atoms with Crippen molar-refractivity contribution in [1.29, 1.82) is 0 Å².